The maximum atomic E-state index is 6.52. The Bertz CT molecular complexity index is 678. The highest BCUT2D eigenvalue weighted by Crippen LogP contribution is 2.57. The number of rotatable bonds is 2. The molecular weight excluding hydrogens is 282 g/mol. The summed E-state index contributed by atoms with van der Waals surface area (Å²) in [4.78, 5) is 4.66. The number of halogens is 1. The third-order valence-corrected chi connectivity index (χ3v) is 5.92. The lowest BCUT2D eigenvalue weighted by Crippen LogP contribution is -2.55. The van der Waals surface area contributed by atoms with E-state index >= 15 is 0 Å². The molecule has 3 heteroatoms. The first-order valence-corrected chi connectivity index (χ1v) is 8.30. The summed E-state index contributed by atoms with van der Waals surface area (Å²) < 4.78 is 6.38. The number of fused-ring (bicyclic) bond motifs is 1. The number of hydrogen-bond donors (Lipinski definition) is 0. The van der Waals surface area contributed by atoms with Crippen molar-refractivity contribution >= 4 is 22.5 Å². The molecule has 1 heterocycles. The molecule has 0 radical (unpaired) electrons. The molecule has 0 bridgehead atoms. The van der Waals surface area contributed by atoms with Crippen LogP contribution in [0.25, 0.3) is 10.9 Å². The van der Waals surface area contributed by atoms with E-state index in [1.807, 2.05) is 25.1 Å². The second-order valence-corrected chi connectivity index (χ2v) is 7.06. The van der Waals surface area contributed by atoms with Crippen LogP contribution in [0.4, 0.5) is 0 Å². The summed E-state index contributed by atoms with van der Waals surface area (Å²) in [6, 6.07) is 10.3. The minimum absolute atomic E-state index is 0.216. The van der Waals surface area contributed by atoms with E-state index in [1.165, 1.54) is 25.7 Å². The van der Waals surface area contributed by atoms with Crippen molar-refractivity contribution < 1.29 is 4.74 Å². The lowest BCUT2D eigenvalue weighted by molar-refractivity contribution is -0.0347. The van der Waals surface area contributed by atoms with Crippen molar-refractivity contribution in [1.29, 1.82) is 0 Å². The van der Waals surface area contributed by atoms with E-state index in [4.69, 9.17) is 16.3 Å². The fourth-order valence-electron chi connectivity index (χ4n) is 4.00. The SMILES string of the molecule is Cc1ccc2cccc(OC3CC(Cl)C34CCCC4)c2n1. The van der Waals surface area contributed by atoms with Crippen LogP contribution in [0.15, 0.2) is 30.3 Å². The van der Waals surface area contributed by atoms with Gasteiger partial charge in [-0.25, -0.2) is 4.98 Å². The Labute approximate surface area is 130 Å². The zero-order valence-electron chi connectivity index (χ0n) is 12.3. The van der Waals surface area contributed by atoms with E-state index in [9.17, 15) is 0 Å². The molecule has 1 spiro atoms. The van der Waals surface area contributed by atoms with Crippen molar-refractivity contribution in [1.82, 2.24) is 4.98 Å². The molecule has 0 saturated heterocycles. The smallest absolute Gasteiger partial charge is 0.145 e. The van der Waals surface area contributed by atoms with Crippen molar-refractivity contribution in [2.45, 2.75) is 50.5 Å². The van der Waals surface area contributed by atoms with E-state index in [1.54, 1.807) is 0 Å². The van der Waals surface area contributed by atoms with E-state index in [-0.39, 0.29) is 16.9 Å². The third kappa shape index (κ3) is 2.03. The first-order chi connectivity index (χ1) is 10.2. The van der Waals surface area contributed by atoms with Gasteiger partial charge in [-0.1, -0.05) is 31.0 Å². The Morgan fingerprint density at radius 1 is 1.19 bits per heavy atom. The van der Waals surface area contributed by atoms with E-state index in [2.05, 4.69) is 17.1 Å². The number of hydrogen-bond acceptors (Lipinski definition) is 2. The van der Waals surface area contributed by atoms with Crippen LogP contribution in [-0.2, 0) is 0 Å². The van der Waals surface area contributed by atoms with E-state index in [0.29, 0.717) is 0 Å². The van der Waals surface area contributed by atoms with Crippen LogP contribution in [0.3, 0.4) is 0 Å². The second-order valence-electron chi connectivity index (χ2n) is 6.53. The summed E-state index contributed by atoms with van der Waals surface area (Å²) >= 11 is 6.52. The fraction of sp³-hybridized carbons (Fsp3) is 0.500. The topological polar surface area (TPSA) is 22.1 Å². The molecule has 4 rings (SSSR count). The molecule has 2 aliphatic carbocycles. The van der Waals surface area contributed by atoms with E-state index in [0.717, 1.165) is 28.8 Å². The molecule has 2 saturated carbocycles. The summed E-state index contributed by atoms with van der Waals surface area (Å²) in [7, 11) is 0. The molecule has 21 heavy (non-hydrogen) atoms. The molecule has 2 unspecified atom stereocenters. The predicted octanol–water partition coefficient (Wildman–Crippen LogP) is 4.86. The Hall–Kier alpha value is -1.28. The normalized spacial score (nSPS) is 27.0. The highest BCUT2D eigenvalue weighted by atomic mass is 35.5. The molecule has 1 aromatic carbocycles. The van der Waals surface area contributed by atoms with Crippen LogP contribution >= 0.6 is 11.6 Å². The minimum Gasteiger partial charge on any atom is -0.487 e. The zero-order valence-corrected chi connectivity index (χ0v) is 13.1. The molecule has 2 atom stereocenters. The van der Waals surface area contributed by atoms with Crippen molar-refractivity contribution in [3.05, 3.63) is 36.0 Å². The highest BCUT2D eigenvalue weighted by Gasteiger charge is 2.57. The molecule has 0 N–H and O–H groups in total. The first-order valence-electron chi connectivity index (χ1n) is 7.86. The van der Waals surface area contributed by atoms with Crippen molar-refractivity contribution in [2.75, 3.05) is 0 Å². The predicted molar refractivity (Wildman–Crippen MR) is 86.1 cm³/mol. The van der Waals surface area contributed by atoms with Crippen LogP contribution in [-0.4, -0.2) is 16.5 Å². The van der Waals surface area contributed by atoms with Gasteiger partial charge in [0.15, 0.2) is 0 Å². The summed E-state index contributed by atoms with van der Waals surface area (Å²) in [5, 5.41) is 1.43. The number of aromatic nitrogens is 1. The Morgan fingerprint density at radius 2 is 2.00 bits per heavy atom. The number of alkyl halides is 1. The molecule has 1 aromatic heterocycles. The highest BCUT2D eigenvalue weighted by molar-refractivity contribution is 6.22. The summed E-state index contributed by atoms with van der Waals surface area (Å²) in [6.07, 6.45) is 6.22. The number of para-hydroxylation sites is 1. The molecule has 0 aliphatic heterocycles. The van der Waals surface area contributed by atoms with E-state index < -0.39 is 0 Å². The molecule has 2 fully saturated rings. The number of nitrogens with zero attached hydrogens (tertiary/aromatic N) is 1. The maximum Gasteiger partial charge on any atom is 0.145 e. The monoisotopic (exact) mass is 301 g/mol. The van der Waals surface area contributed by atoms with Gasteiger partial charge in [-0.3, -0.25) is 0 Å². The molecule has 2 aromatic rings. The van der Waals surface area contributed by atoms with Crippen LogP contribution < -0.4 is 4.74 Å². The Balaban J connectivity index is 1.67. The quantitative estimate of drug-likeness (QED) is 0.739. The van der Waals surface area contributed by atoms with Crippen LogP contribution in [0.2, 0.25) is 0 Å². The Morgan fingerprint density at radius 3 is 2.76 bits per heavy atom. The summed E-state index contributed by atoms with van der Waals surface area (Å²) in [6.45, 7) is 2.02. The van der Waals surface area contributed by atoms with Crippen molar-refractivity contribution in [3.8, 4) is 5.75 Å². The first kappa shape index (κ1) is 13.4. The van der Waals surface area contributed by atoms with Crippen molar-refractivity contribution in [2.24, 2.45) is 5.41 Å². The van der Waals surface area contributed by atoms with Crippen LogP contribution in [0, 0.1) is 12.3 Å². The van der Waals surface area contributed by atoms with Crippen LogP contribution in [0.1, 0.15) is 37.8 Å². The summed E-state index contributed by atoms with van der Waals surface area (Å²) in [5.74, 6) is 0.913. The standard InChI is InChI=1S/C18H20ClNO/c1-12-7-8-13-5-4-6-14(17(13)20-12)21-16-11-15(19)18(16)9-2-3-10-18/h4-8,15-16H,2-3,9-11H2,1H3. The minimum atomic E-state index is 0.216. The maximum absolute atomic E-state index is 6.52. The largest absolute Gasteiger partial charge is 0.487 e. The lowest BCUT2D eigenvalue weighted by Gasteiger charge is -2.50. The Kier molecular flexibility index (Phi) is 3.11. The number of ether oxygens (including phenoxy) is 1. The average Bonchev–Trinajstić information content (AvgIpc) is 3.00. The summed E-state index contributed by atoms with van der Waals surface area (Å²) in [5.41, 5.74) is 2.22. The molecule has 0 amide bonds. The number of aryl methyl sites for hydroxylation is 1. The van der Waals surface area contributed by atoms with Crippen LogP contribution in [0.5, 0.6) is 5.75 Å². The zero-order chi connectivity index (χ0) is 14.4. The number of pyridine rings is 1. The van der Waals surface area contributed by atoms with Gasteiger partial charge < -0.3 is 4.74 Å². The second kappa shape index (κ2) is 4.88. The van der Waals surface area contributed by atoms with Gasteiger partial charge >= 0.3 is 0 Å². The van der Waals surface area contributed by atoms with Gasteiger partial charge in [-0.2, -0.15) is 0 Å². The molecular formula is C18H20ClNO. The molecule has 2 aliphatic rings. The van der Waals surface area contributed by atoms with Gasteiger partial charge in [0.05, 0.1) is 0 Å². The molecule has 110 valence electrons. The van der Waals surface area contributed by atoms with Gasteiger partial charge in [-0.05, 0) is 31.9 Å². The van der Waals surface area contributed by atoms with Gasteiger partial charge in [0.2, 0.25) is 0 Å². The molecule has 2 nitrogen and oxygen atoms in total. The number of benzene rings is 1. The third-order valence-electron chi connectivity index (χ3n) is 5.31. The average molecular weight is 302 g/mol. The van der Waals surface area contributed by atoms with Gasteiger partial charge in [0.25, 0.3) is 0 Å². The van der Waals surface area contributed by atoms with Crippen molar-refractivity contribution in [3.63, 3.8) is 0 Å². The lowest BCUT2D eigenvalue weighted by atomic mass is 9.64. The van der Waals surface area contributed by atoms with Gasteiger partial charge in [0, 0.05) is 28.3 Å². The fourth-order valence-corrected chi connectivity index (χ4v) is 4.52. The van der Waals surface area contributed by atoms with Gasteiger partial charge in [0.1, 0.15) is 17.4 Å². The van der Waals surface area contributed by atoms with Gasteiger partial charge in [-0.15, -0.1) is 11.6 Å².